The molecule has 16 heavy (non-hydrogen) atoms. The van der Waals surface area contributed by atoms with Crippen LogP contribution in [0.4, 0.5) is 11.5 Å². The van der Waals surface area contributed by atoms with E-state index < -0.39 is 10.5 Å². The topological polar surface area (TPSA) is 79.5 Å². The molecule has 0 aliphatic rings. The smallest absolute Gasteiger partial charge is 0.274 e. The molecule has 1 N–H and O–H groups in total. The van der Waals surface area contributed by atoms with Gasteiger partial charge in [-0.25, -0.2) is 4.98 Å². The molecule has 1 aromatic rings. The molecule has 6 nitrogen and oxygen atoms in total. The number of rotatable bonds is 4. The van der Waals surface area contributed by atoms with E-state index in [9.17, 15) is 15.2 Å². The Morgan fingerprint density at radius 2 is 2.25 bits per heavy atom. The SMILES string of the molecule is CN(CC(C)(C)O)c1cc([N+](=O)[O-])ccn1. The van der Waals surface area contributed by atoms with Crippen LogP contribution in [-0.2, 0) is 0 Å². The van der Waals surface area contributed by atoms with Crippen LogP contribution in [0.5, 0.6) is 0 Å². The van der Waals surface area contributed by atoms with Gasteiger partial charge in [0.1, 0.15) is 5.82 Å². The quantitative estimate of drug-likeness (QED) is 0.615. The minimum absolute atomic E-state index is 0.00686. The van der Waals surface area contributed by atoms with Crippen molar-refractivity contribution in [1.82, 2.24) is 4.98 Å². The molecule has 1 heterocycles. The first-order valence-corrected chi connectivity index (χ1v) is 4.83. The van der Waals surface area contributed by atoms with E-state index in [2.05, 4.69) is 4.98 Å². The van der Waals surface area contributed by atoms with Crippen LogP contribution in [0, 0.1) is 10.1 Å². The number of aromatic nitrogens is 1. The molecule has 6 heteroatoms. The highest BCUT2D eigenvalue weighted by molar-refractivity contribution is 5.46. The van der Waals surface area contributed by atoms with Crippen LogP contribution in [0.1, 0.15) is 13.8 Å². The van der Waals surface area contributed by atoms with Gasteiger partial charge in [0.2, 0.25) is 0 Å². The standard InChI is InChI=1S/C10H15N3O3/c1-10(2,14)7-12(3)9-6-8(13(15)16)4-5-11-9/h4-6,14H,7H2,1-3H3. The number of anilines is 1. The predicted molar refractivity (Wildman–Crippen MR) is 60.5 cm³/mol. The minimum Gasteiger partial charge on any atom is -0.389 e. The van der Waals surface area contributed by atoms with Gasteiger partial charge >= 0.3 is 0 Å². The Morgan fingerprint density at radius 3 is 2.75 bits per heavy atom. The van der Waals surface area contributed by atoms with Crippen molar-refractivity contribution in [1.29, 1.82) is 0 Å². The molecule has 0 aliphatic heterocycles. The number of pyridine rings is 1. The zero-order valence-corrected chi connectivity index (χ0v) is 9.54. The Kier molecular flexibility index (Phi) is 3.44. The summed E-state index contributed by atoms with van der Waals surface area (Å²) in [5.41, 5.74) is -0.881. The van der Waals surface area contributed by atoms with Gasteiger partial charge in [-0.1, -0.05) is 0 Å². The first-order valence-electron chi connectivity index (χ1n) is 4.83. The van der Waals surface area contributed by atoms with Crippen LogP contribution in [0.2, 0.25) is 0 Å². The minimum atomic E-state index is -0.874. The Morgan fingerprint density at radius 1 is 1.62 bits per heavy atom. The molecular formula is C10H15N3O3. The van der Waals surface area contributed by atoms with Crippen molar-refractivity contribution in [3.8, 4) is 0 Å². The molecule has 0 unspecified atom stereocenters. The van der Waals surface area contributed by atoms with E-state index >= 15 is 0 Å². The lowest BCUT2D eigenvalue weighted by Gasteiger charge is -2.26. The van der Waals surface area contributed by atoms with Crippen molar-refractivity contribution in [3.05, 3.63) is 28.4 Å². The Hall–Kier alpha value is -1.69. The maximum atomic E-state index is 10.6. The van der Waals surface area contributed by atoms with Crippen LogP contribution in [-0.4, -0.2) is 34.2 Å². The highest BCUT2D eigenvalue weighted by Crippen LogP contribution is 2.18. The number of hydrogen-bond donors (Lipinski definition) is 1. The lowest BCUT2D eigenvalue weighted by Crippen LogP contribution is -2.36. The number of hydrogen-bond acceptors (Lipinski definition) is 5. The van der Waals surface area contributed by atoms with E-state index in [1.165, 1.54) is 18.3 Å². The van der Waals surface area contributed by atoms with Gasteiger partial charge in [-0.15, -0.1) is 0 Å². The van der Waals surface area contributed by atoms with Gasteiger partial charge in [0.25, 0.3) is 5.69 Å². The monoisotopic (exact) mass is 225 g/mol. The summed E-state index contributed by atoms with van der Waals surface area (Å²) in [5, 5.41) is 20.2. The molecular weight excluding hydrogens is 210 g/mol. The number of nitrogens with zero attached hydrogens (tertiary/aromatic N) is 3. The Bertz CT molecular complexity index is 387. The molecule has 0 atom stereocenters. The Balaban J connectivity index is 2.87. The summed E-state index contributed by atoms with van der Waals surface area (Å²) in [6, 6.07) is 2.72. The molecule has 0 aliphatic carbocycles. The van der Waals surface area contributed by atoms with E-state index in [4.69, 9.17) is 0 Å². The molecule has 0 fully saturated rings. The highest BCUT2D eigenvalue weighted by atomic mass is 16.6. The van der Waals surface area contributed by atoms with Gasteiger partial charge in [0.05, 0.1) is 16.6 Å². The summed E-state index contributed by atoms with van der Waals surface area (Å²) < 4.78 is 0. The highest BCUT2D eigenvalue weighted by Gasteiger charge is 2.18. The number of likely N-dealkylation sites (N-methyl/N-ethyl adjacent to an activating group) is 1. The van der Waals surface area contributed by atoms with Crippen molar-refractivity contribution >= 4 is 11.5 Å². The average molecular weight is 225 g/mol. The summed E-state index contributed by atoms with van der Waals surface area (Å²) in [6.07, 6.45) is 1.38. The third kappa shape index (κ3) is 3.47. The second kappa shape index (κ2) is 4.44. The second-order valence-electron chi connectivity index (χ2n) is 4.30. The fraction of sp³-hybridized carbons (Fsp3) is 0.500. The third-order valence-electron chi connectivity index (χ3n) is 1.96. The van der Waals surface area contributed by atoms with Gasteiger partial charge < -0.3 is 10.0 Å². The first-order chi connectivity index (χ1) is 7.29. The van der Waals surface area contributed by atoms with Gasteiger partial charge in [-0.3, -0.25) is 10.1 Å². The molecule has 0 radical (unpaired) electrons. The van der Waals surface area contributed by atoms with E-state index in [0.29, 0.717) is 12.4 Å². The molecule has 1 rings (SSSR count). The first kappa shape index (κ1) is 12.4. The zero-order chi connectivity index (χ0) is 12.3. The summed E-state index contributed by atoms with van der Waals surface area (Å²) >= 11 is 0. The largest absolute Gasteiger partial charge is 0.389 e. The van der Waals surface area contributed by atoms with E-state index in [0.717, 1.165) is 0 Å². The van der Waals surface area contributed by atoms with Crippen LogP contribution < -0.4 is 4.90 Å². The van der Waals surface area contributed by atoms with Crippen LogP contribution >= 0.6 is 0 Å². The zero-order valence-electron chi connectivity index (χ0n) is 9.54. The van der Waals surface area contributed by atoms with E-state index in [-0.39, 0.29) is 5.69 Å². The number of nitro groups is 1. The fourth-order valence-corrected chi connectivity index (χ4v) is 1.39. The van der Waals surface area contributed by atoms with Crippen LogP contribution in [0.25, 0.3) is 0 Å². The van der Waals surface area contributed by atoms with Crippen molar-refractivity contribution in [2.24, 2.45) is 0 Å². The van der Waals surface area contributed by atoms with Crippen molar-refractivity contribution in [2.75, 3.05) is 18.5 Å². The molecule has 0 amide bonds. The molecule has 0 spiro atoms. The molecule has 88 valence electrons. The summed E-state index contributed by atoms with van der Waals surface area (Å²) in [5.74, 6) is 0.469. The second-order valence-corrected chi connectivity index (χ2v) is 4.30. The van der Waals surface area contributed by atoms with E-state index in [1.54, 1.807) is 25.8 Å². The normalized spacial score (nSPS) is 11.2. The molecule has 1 aromatic heterocycles. The maximum Gasteiger partial charge on any atom is 0.274 e. The lowest BCUT2D eigenvalue weighted by molar-refractivity contribution is -0.384. The van der Waals surface area contributed by atoms with Gasteiger partial charge in [-0.05, 0) is 13.8 Å². The van der Waals surface area contributed by atoms with Crippen LogP contribution in [0.15, 0.2) is 18.3 Å². The van der Waals surface area contributed by atoms with Crippen molar-refractivity contribution < 1.29 is 10.0 Å². The fourth-order valence-electron chi connectivity index (χ4n) is 1.39. The van der Waals surface area contributed by atoms with E-state index in [1.807, 2.05) is 0 Å². The predicted octanol–water partition coefficient (Wildman–Crippen LogP) is 1.20. The molecule has 0 saturated heterocycles. The molecule has 0 aromatic carbocycles. The van der Waals surface area contributed by atoms with Gasteiger partial charge in [-0.2, -0.15) is 0 Å². The van der Waals surface area contributed by atoms with Gasteiger partial charge in [0.15, 0.2) is 0 Å². The number of aliphatic hydroxyl groups is 1. The van der Waals surface area contributed by atoms with Crippen molar-refractivity contribution in [3.63, 3.8) is 0 Å². The summed E-state index contributed by atoms with van der Waals surface area (Å²) in [6.45, 7) is 3.68. The summed E-state index contributed by atoms with van der Waals surface area (Å²) in [4.78, 5) is 15.8. The lowest BCUT2D eigenvalue weighted by atomic mass is 10.1. The third-order valence-corrected chi connectivity index (χ3v) is 1.96. The Labute approximate surface area is 93.7 Å². The van der Waals surface area contributed by atoms with Crippen LogP contribution in [0.3, 0.4) is 0 Å². The summed E-state index contributed by atoms with van der Waals surface area (Å²) in [7, 11) is 1.73. The maximum absolute atomic E-state index is 10.6. The molecule has 0 bridgehead atoms. The average Bonchev–Trinajstić information content (AvgIpc) is 2.15. The van der Waals surface area contributed by atoms with Crippen molar-refractivity contribution in [2.45, 2.75) is 19.4 Å². The van der Waals surface area contributed by atoms with Gasteiger partial charge in [0, 0.05) is 25.9 Å². The molecule has 0 saturated carbocycles.